The fraction of sp³-hybridized carbons (Fsp3) is 0.412. The molecular formula is C34H38F3N7O2. The minimum absolute atomic E-state index is 0.158. The summed E-state index contributed by atoms with van der Waals surface area (Å²) < 4.78 is 42.6. The van der Waals surface area contributed by atoms with Gasteiger partial charge < -0.3 is 15.1 Å². The first-order valence-corrected chi connectivity index (χ1v) is 15.7. The largest absolute Gasteiger partial charge is 0.417 e. The molecule has 46 heavy (non-hydrogen) atoms. The van der Waals surface area contributed by atoms with Crippen LogP contribution in [0.15, 0.2) is 65.6 Å². The molecule has 0 unspecified atom stereocenters. The predicted octanol–water partition coefficient (Wildman–Crippen LogP) is 4.30. The first-order chi connectivity index (χ1) is 22.1. The van der Waals surface area contributed by atoms with Gasteiger partial charge in [0.25, 0.3) is 11.5 Å². The summed E-state index contributed by atoms with van der Waals surface area (Å²) in [4.78, 5) is 36.8. The SMILES string of the molecule is CNC(=O)c1ccc(-c2ccc(=O)n(CCc3ccc4ncc(N5CCC(N6CCN(C)CC6)CC5)cc4c3)n2)cc1C(F)(F)F. The Morgan fingerprint density at radius 2 is 1.72 bits per heavy atom. The van der Waals surface area contributed by atoms with Crippen molar-refractivity contribution < 1.29 is 18.0 Å². The van der Waals surface area contributed by atoms with Gasteiger partial charge in [0.1, 0.15) is 0 Å². The average molecular weight is 634 g/mol. The van der Waals surface area contributed by atoms with Gasteiger partial charge in [-0.25, -0.2) is 4.68 Å². The Bertz CT molecular complexity index is 1780. The van der Waals surface area contributed by atoms with Crippen LogP contribution in [0.3, 0.4) is 0 Å². The van der Waals surface area contributed by atoms with Gasteiger partial charge in [0, 0.05) is 75.9 Å². The Labute approximate surface area is 265 Å². The monoisotopic (exact) mass is 633 g/mol. The summed E-state index contributed by atoms with van der Waals surface area (Å²) in [5.74, 6) is -0.833. The van der Waals surface area contributed by atoms with E-state index < -0.39 is 23.2 Å². The van der Waals surface area contributed by atoms with Crippen LogP contribution in [0.5, 0.6) is 0 Å². The van der Waals surface area contributed by atoms with E-state index in [0.717, 1.165) is 86.4 Å². The third kappa shape index (κ3) is 6.92. The summed E-state index contributed by atoms with van der Waals surface area (Å²) in [5.41, 5.74) is 1.46. The van der Waals surface area contributed by atoms with Crippen molar-refractivity contribution in [3.63, 3.8) is 0 Å². The van der Waals surface area contributed by atoms with Gasteiger partial charge in [-0.3, -0.25) is 19.5 Å². The predicted molar refractivity (Wildman–Crippen MR) is 172 cm³/mol. The van der Waals surface area contributed by atoms with Gasteiger partial charge in [-0.1, -0.05) is 12.1 Å². The molecule has 0 radical (unpaired) electrons. The lowest BCUT2D eigenvalue weighted by atomic mass is 10.0. The number of piperidine rings is 1. The zero-order chi connectivity index (χ0) is 32.4. The average Bonchev–Trinajstić information content (AvgIpc) is 3.07. The number of halogens is 3. The van der Waals surface area contributed by atoms with Crippen LogP contribution < -0.4 is 15.8 Å². The van der Waals surface area contributed by atoms with E-state index in [2.05, 4.69) is 44.3 Å². The number of carbonyl (C=O) groups excluding carboxylic acids is 1. The molecule has 2 aliphatic heterocycles. The maximum absolute atomic E-state index is 13.8. The smallest absolute Gasteiger partial charge is 0.370 e. The Kier molecular flexibility index (Phi) is 9.10. The number of nitrogens with one attached hydrogen (secondary N) is 1. The molecule has 2 saturated heterocycles. The van der Waals surface area contributed by atoms with E-state index in [0.29, 0.717) is 12.5 Å². The molecule has 242 valence electrons. The number of carbonyl (C=O) groups is 1. The highest BCUT2D eigenvalue weighted by atomic mass is 19.4. The number of aryl methyl sites for hydroxylation is 2. The lowest BCUT2D eigenvalue weighted by Gasteiger charge is -2.42. The highest BCUT2D eigenvalue weighted by Gasteiger charge is 2.35. The number of hydrogen-bond acceptors (Lipinski definition) is 7. The second-order valence-electron chi connectivity index (χ2n) is 12.1. The molecule has 4 aromatic rings. The van der Waals surface area contributed by atoms with Crippen LogP contribution in [0.2, 0.25) is 0 Å². The van der Waals surface area contributed by atoms with Crippen molar-refractivity contribution in [2.45, 2.75) is 38.0 Å². The van der Waals surface area contributed by atoms with Crippen LogP contribution in [0, 0.1) is 0 Å². The summed E-state index contributed by atoms with van der Waals surface area (Å²) >= 11 is 0. The van der Waals surface area contributed by atoms with Crippen molar-refractivity contribution in [3.05, 3.63) is 87.8 Å². The summed E-state index contributed by atoms with van der Waals surface area (Å²) in [6.45, 7) is 6.76. The fourth-order valence-corrected chi connectivity index (χ4v) is 6.44. The molecule has 0 bridgehead atoms. The quantitative estimate of drug-likeness (QED) is 0.325. The first kappa shape index (κ1) is 31.7. The fourth-order valence-electron chi connectivity index (χ4n) is 6.44. The molecule has 6 rings (SSSR count). The lowest BCUT2D eigenvalue weighted by Crippen LogP contribution is -2.52. The van der Waals surface area contributed by atoms with Gasteiger partial charge in [0.05, 0.1) is 34.2 Å². The number of anilines is 1. The first-order valence-electron chi connectivity index (χ1n) is 15.7. The second kappa shape index (κ2) is 13.2. The van der Waals surface area contributed by atoms with E-state index in [1.165, 1.54) is 29.9 Å². The van der Waals surface area contributed by atoms with E-state index in [-0.39, 0.29) is 23.4 Å². The van der Waals surface area contributed by atoms with Crippen molar-refractivity contribution in [2.24, 2.45) is 0 Å². The van der Waals surface area contributed by atoms with Crippen molar-refractivity contribution in [3.8, 4) is 11.3 Å². The van der Waals surface area contributed by atoms with E-state index in [1.807, 2.05) is 18.3 Å². The summed E-state index contributed by atoms with van der Waals surface area (Å²) in [6.07, 6.45) is -0.0241. The zero-order valence-electron chi connectivity index (χ0n) is 26.1. The second-order valence-corrected chi connectivity index (χ2v) is 12.1. The molecular weight excluding hydrogens is 595 g/mol. The standard InChI is InChI=1S/C34H38F3N7O2/c1-38-33(46)28-5-4-24(21-29(28)34(35,36)37)31-7-8-32(45)44(40-31)14-9-23-3-6-30-25(19-23)20-27(22-39-30)42-12-10-26(11-13-42)43-17-15-41(2)16-18-43/h3-8,19-22,26H,9-18H2,1-2H3,(H,38,46). The molecule has 1 N–H and O–H groups in total. The number of benzene rings is 2. The molecule has 4 heterocycles. The molecule has 0 saturated carbocycles. The molecule has 1 amide bonds. The van der Waals surface area contributed by atoms with Crippen LogP contribution in [0.1, 0.15) is 34.3 Å². The number of nitrogens with zero attached hydrogens (tertiary/aromatic N) is 6. The Morgan fingerprint density at radius 1 is 0.957 bits per heavy atom. The lowest BCUT2D eigenvalue weighted by molar-refractivity contribution is -0.137. The van der Waals surface area contributed by atoms with Gasteiger partial charge in [0.15, 0.2) is 0 Å². The van der Waals surface area contributed by atoms with Crippen molar-refractivity contribution in [1.29, 1.82) is 0 Å². The number of piperazine rings is 1. The minimum Gasteiger partial charge on any atom is -0.370 e. The van der Waals surface area contributed by atoms with Gasteiger partial charge in [-0.2, -0.15) is 18.3 Å². The number of alkyl halides is 3. The van der Waals surface area contributed by atoms with Crippen LogP contribution in [-0.2, 0) is 19.1 Å². The maximum atomic E-state index is 13.8. The number of fused-ring (bicyclic) bond motifs is 1. The summed E-state index contributed by atoms with van der Waals surface area (Å²) in [6, 6.07) is 14.9. The molecule has 2 aliphatic rings. The Hall–Kier alpha value is -4.29. The Balaban J connectivity index is 1.15. The molecule has 9 nitrogen and oxygen atoms in total. The number of rotatable bonds is 7. The minimum atomic E-state index is -4.74. The number of likely N-dealkylation sites (N-methyl/N-ethyl adjacent to an activating group) is 1. The molecule has 2 fully saturated rings. The van der Waals surface area contributed by atoms with Crippen LogP contribution in [0.4, 0.5) is 18.9 Å². The van der Waals surface area contributed by atoms with Crippen molar-refractivity contribution >= 4 is 22.5 Å². The maximum Gasteiger partial charge on any atom is 0.417 e. The Morgan fingerprint density at radius 3 is 2.43 bits per heavy atom. The van der Waals surface area contributed by atoms with E-state index >= 15 is 0 Å². The van der Waals surface area contributed by atoms with Crippen LogP contribution in [0.25, 0.3) is 22.2 Å². The molecule has 12 heteroatoms. The molecule has 0 aliphatic carbocycles. The van der Waals surface area contributed by atoms with Gasteiger partial charge in [-0.05, 0) is 68.3 Å². The molecule has 0 atom stereocenters. The highest BCUT2D eigenvalue weighted by Crippen LogP contribution is 2.35. The van der Waals surface area contributed by atoms with Crippen molar-refractivity contribution in [1.82, 2.24) is 29.9 Å². The van der Waals surface area contributed by atoms with Gasteiger partial charge in [-0.15, -0.1) is 0 Å². The van der Waals surface area contributed by atoms with Crippen LogP contribution in [-0.4, -0.2) is 89.9 Å². The third-order valence-corrected chi connectivity index (χ3v) is 9.19. The van der Waals surface area contributed by atoms with E-state index in [4.69, 9.17) is 4.98 Å². The topological polar surface area (TPSA) is 86.6 Å². The number of amides is 1. The molecule has 2 aromatic carbocycles. The van der Waals surface area contributed by atoms with Gasteiger partial charge >= 0.3 is 6.18 Å². The normalized spacial score (nSPS) is 17.0. The van der Waals surface area contributed by atoms with Crippen LogP contribution >= 0.6 is 0 Å². The number of hydrogen-bond donors (Lipinski definition) is 1. The zero-order valence-corrected chi connectivity index (χ0v) is 26.1. The molecule has 2 aromatic heterocycles. The van der Waals surface area contributed by atoms with Gasteiger partial charge in [0.2, 0.25) is 0 Å². The third-order valence-electron chi connectivity index (χ3n) is 9.19. The van der Waals surface area contributed by atoms with E-state index in [9.17, 15) is 22.8 Å². The number of pyridine rings is 1. The summed E-state index contributed by atoms with van der Waals surface area (Å²) in [7, 11) is 3.46. The number of aromatic nitrogens is 3. The van der Waals surface area contributed by atoms with Crippen molar-refractivity contribution in [2.75, 3.05) is 58.3 Å². The van der Waals surface area contributed by atoms with E-state index in [1.54, 1.807) is 0 Å². The molecule has 0 spiro atoms. The highest BCUT2D eigenvalue weighted by molar-refractivity contribution is 5.96. The summed E-state index contributed by atoms with van der Waals surface area (Å²) in [5, 5.41) is 7.62.